The Balaban J connectivity index is 1.31. The number of H-pyrrole nitrogens is 1. The largest absolute Gasteiger partial charge is 0.337 e. The average Bonchev–Trinajstić information content (AvgIpc) is 3.29. The number of amides is 2. The molecule has 4 heterocycles. The number of fused-ring (bicyclic) bond motifs is 1. The zero-order chi connectivity index (χ0) is 22.6. The lowest BCUT2D eigenvalue weighted by atomic mass is 10.2. The number of hydrogen-bond acceptors (Lipinski definition) is 6. The van der Waals surface area contributed by atoms with Crippen molar-refractivity contribution in [1.82, 2.24) is 24.9 Å². The molecule has 0 fully saturated rings. The van der Waals surface area contributed by atoms with Crippen LogP contribution in [0.25, 0.3) is 22.4 Å². The van der Waals surface area contributed by atoms with Crippen molar-refractivity contribution >= 4 is 34.4 Å². The minimum atomic E-state index is -0.296. The number of pyridine rings is 3. The van der Waals surface area contributed by atoms with Crippen molar-refractivity contribution in [3.8, 4) is 11.4 Å². The number of nitrogens with zero attached hydrogens (tertiary/aromatic N) is 4. The van der Waals surface area contributed by atoms with Crippen LogP contribution in [-0.4, -0.2) is 36.7 Å². The molecule has 0 unspecified atom stereocenters. The average molecular weight is 435 g/mol. The van der Waals surface area contributed by atoms with Gasteiger partial charge in [-0.1, -0.05) is 0 Å². The Kier molecular flexibility index (Phi) is 5.26. The smallest absolute Gasteiger partial charge is 0.258 e. The molecule has 0 radical (unpaired) electrons. The van der Waals surface area contributed by atoms with Gasteiger partial charge in [0.2, 0.25) is 0 Å². The number of carbonyl (C=O) groups is 2. The Labute approximate surface area is 188 Å². The van der Waals surface area contributed by atoms with Crippen LogP contribution >= 0.6 is 0 Å². The number of aromatic amines is 1. The van der Waals surface area contributed by atoms with E-state index in [1.165, 1.54) is 6.20 Å². The third-order valence-electron chi connectivity index (χ3n) is 4.89. The third kappa shape index (κ3) is 4.42. The van der Waals surface area contributed by atoms with Gasteiger partial charge in [0.05, 0.1) is 22.8 Å². The van der Waals surface area contributed by atoms with E-state index in [4.69, 9.17) is 0 Å². The maximum absolute atomic E-state index is 12.3. The van der Waals surface area contributed by atoms with Gasteiger partial charge in [0.1, 0.15) is 11.6 Å². The maximum atomic E-state index is 12.3. The third-order valence-corrected chi connectivity index (χ3v) is 4.89. The molecule has 4 aromatic heterocycles. The van der Waals surface area contributed by atoms with E-state index < -0.39 is 0 Å². The van der Waals surface area contributed by atoms with Crippen molar-refractivity contribution in [2.24, 2.45) is 0 Å². The highest BCUT2D eigenvalue weighted by Gasteiger charge is 2.11. The Morgan fingerprint density at radius 3 is 2.33 bits per heavy atom. The minimum absolute atomic E-state index is 0.208. The summed E-state index contributed by atoms with van der Waals surface area (Å²) in [5.74, 6) is 0.536. The van der Waals surface area contributed by atoms with Gasteiger partial charge in [0.25, 0.3) is 11.8 Å². The fourth-order valence-corrected chi connectivity index (χ4v) is 3.22. The molecule has 0 aliphatic heterocycles. The van der Waals surface area contributed by atoms with Crippen molar-refractivity contribution in [2.75, 3.05) is 10.6 Å². The first-order valence-corrected chi connectivity index (χ1v) is 10.0. The fraction of sp³-hybridized carbons (Fsp3) is 0. The molecule has 0 spiro atoms. The van der Waals surface area contributed by atoms with Crippen LogP contribution in [0.1, 0.15) is 20.7 Å². The van der Waals surface area contributed by atoms with E-state index in [1.807, 2.05) is 12.1 Å². The first-order valence-electron chi connectivity index (χ1n) is 10.0. The predicted octanol–water partition coefficient (Wildman–Crippen LogP) is 3.92. The monoisotopic (exact) mass is 435 g/mol. The van der Waals surface area contributed by atoms with Crippen molar-refractivity contribution in [3.05, 3.63) is 96.7 Å². The predicted molar refractivity (Wildman–Crippen MR) is 124 cm³/mol. The van der Waals surface area contributed by atoms with E-state index in [9.17, 15) is 9.59 Å². The maximum Gasteiger partial charge on any atom is 0.258 e. The van der Waals surface area contributed by atoms with E-state index in [-0.39, 0.29) is 11.8 Å². The molecule has 0 aliphatic rings. The number of benzene rings is 1. The van der Waals surface area contributed by atoms with Gasteiger partial charge >= 0.3 is 0 Å². The van der Waals surface area contributed by atoms with E-state index >= 15 is 0 Å². The van der Waals surface area contributed by atoms with Crippen molar-refractivity contribution < 1.29 is 9.59 Å². The number of hydrogen-bond donors (Lipinski definition) is 3. The molecule has 0 aliphatic carbocycles. The minimum Gasteiger partial charge on any atom is -0.337 e. The van der Waals surface area contributed by atoms with Crippen molar-refractivity contribution in [2.45, 2.75) is 0 Å². The SMILES string of the molecule is O=C(Nc1ccc(-c2nc3cc(NC(=O)c4cccnc4)ncc3[nH]2)cc1)c1ccncc1. The molecule has 9 heteroatoms. The summed E-state index contributed by atoms with van der Waals surface area (Å²) in [6, 6.07) is 15.7. The highest BCUT2D eigenvalue weighted by molar-refractivity contribution is 6.04. The van der Waals surface area contributed by atoms with Gasteiger partial charge in [-0.25, -0.2) is 9.97 Å². The Morgan fingerprint density at radius 2 is 1.58 bits per heavy atom. The summed E-state index contributed by atoms with van der Waals surface area (Å²) in [4.78, 5) is 44.6. The molecule has 160 valence electrons. The molecule has 3 N–H and O–H groups in total. The van der Waals surface area contributed by atoms with Crippen LogP contribution in [0.2, 0.25) is 0 Å². The van der Waals surface area contributed by atoms with E-state index in [1.54, 1.807) is 67.3 Å². The quantitative estimate of drug-likeness (QED) is 0.384. The molecule has 1 aromatic carbocycles. The van der Waals surface area contributed by atoms with Gasteiger partial charge in [0, 0.05) is 47.7 Å². The van der Waals surface area contributed by atoms with Gasteiger partial charge < -0.3 is 15.6 Å². The van der Waals surface area contributed by atoms with Crippen LogP contribution < -0.4 is 10.6 Å². The Bertz CT molecular complexity index is 1430. The number of carbonyl (C=O) groups excluding carboxylic acids is 2. The van der Waals surface area contributed by atoms with E-state index in [0.717, 1.165) is 11.1 Å². The van der Waals surface area contributed by atoms with Crippen LogP contribution in [0.3, 0.4) is 0 Å². The Hall–Kier alpha value is -4.92. The first kappa shape index (κ1) is 20.0. The van der Waals surface area contributed by atoms with E-state index in [0.29, 0.717) is 34.0 Å². The van der Waals surface area contributed by atoms with Crippen LogP contribution in [0, 0.1) is 0 Å². The van der Waals surface area contributed by atoms with Crippen LogP contribution in [0.5, 0.6) is 0 Å². The number of nitrogens with one attached hydrogen (secondary N) is 3. The summed E-state index contributed by atoms with van der Waals surface area (Å²) in [5.41, 5.74) is 3.88. The van der Waals surface area contributed by atoms with Crippen LogP contribution in [-0.2, 0) is 0 Å². The fourth-order valence-electron chi connectivity index (χ4n) is 3.22. The highest BCUT2D eigenvalue weighted by Crippen LogP contribution is 2.23. The van der Waals surface area contributed by atoms with Crippen LogP contribution in [0.15, 0.2) is 85.6 Å². The number of anilines is 2. The lowest BCUT2D eigenvalue weighted by Crippen LogP contribution is -2.12. The molecule has 0 saturated heterocycles. The zero-order valence-electron chi connectivity index (χ0n) is 17.2. The second kappa shape index (κ2) is 8.67. The van der Waals surface area contributed by atoms with Crippen molar-refractivity contribution in [1.29, 1.82) is 0 Å². The van der Waals surface area contributed by atoms with Gasteiger partial charge in [-0.3, -0.25) is 19.6 Å². The normalized spacial score (nSPS) is 10.7. The number of rotatable bonds is 5. The summed E-state index contributed by atoms with van der Waals surface area (Å²) >= 11 is 0. The van der Waals surface area contributed by atoms with E-state index in [2.05, 4.69) is 35.6 Å². The molecule has 0 bridgehead atoms. The highest BCUT2D eigenvalue weighted by atomic mass is 16.2. The summed E-state index contributed by atoms with van der Waals surface area (Å²) in [7, 11) is 0. The lowest BCUT2D eigenvalue weighted by molar-refractivity contribution is 0.101. The molecule has 5 rings (SSSR count). The molecule has 0 atom stereocenters. The second-order valence-electron chi connectivity index (χ2n) is 7.14. The number of imidazole rings is 1. The van der Waals surface area contributed by atoms with Gasteiger partial charge in [-0.2, -0.15) is 0 Å². The lowest BCUT2D eigenvalue weighted by Gasteiger charge is -2.05. The Morgan fingerprint density at radius 1 is 0.788 bits per heavy atom. The standard InChI is InChI=1S/C24H17N7O2/c32-23(16-7-10-25-11-8-16)28-18-5-3-15(4-6-18)22-29-19-12-21(27-14-20(19)30-22)31-24(33)17-2-1-9-26-13-17/h1-14H,(H,28,32)(H,29,30)(H,27,31,33). The molecular weight excluding hydrogens is 418 g/mol. The van der Waals surface area contributed by atoms with Gasteiger partial charge in [-0.05, 0) is 48.5 Å². The van der Waals surface area contributed by atoms with Gasteiger partial charge in [0.15, 0.2) is 0 Å². The first-order chi connectivity index (χ1) is 16.2. The van der Waals surface area contributed by atoms with Gasteiger partial charge in [-0.15, -0.1) is 0 Å². The topological polar surface area (TPSA) is 126 Å². The zero-order valence-corrected chi connectivity index (χ0v) is 17.2. The summed E-state index contributed by atoms with van der Waals surface area (Å²) in [5, 5.41) is 5.60. The molecule has 0 saturated carbocycles. The number of aromatic nitrogens is 5. The second-order valence-corrected chi connectivity index (χ2v) is 7.14. The summed E-state index contributed by atoms with van der Waals surface area (Å²) in [6.07, 6.45) is 7.86. The summed E-state index contributed by atoms with van der Waals surface area (Å²) < 4.78 is 0. The molecule has 5 aromatic rings. The summed E-state index contributed by atoms with van der Waals surface area (Å²) in [6.45, 7) is 0. The van der Waals surface area contributed by atoms with Crippen LogP contribution in [0.4, 0.5) is 11.5 Å². The molecular formula is C24H17N7O2. The molecule has 33 heavy (non-hydrogen) atoms. The molecule has 9 nitrogen and oxygen atoms in total. The van der Waals surface area contributed by atoms with Crippen molar-refractivity contribution in [3.63, 3.8) is 0 Å². The molecule has 2 amide bonds.